The van der Waals surface area contributed by atoms with Gasteiger partial charge in [-0.05, 0) is 33.3 Å². The second kappa shape index (κ2) is 8.25. The molecule has 2 heteroatoms. The standard InChI is InChI=1S/C12H16O2.C7H8/c1-4-14-11(13)12(2,3)10-8-6-5-7-9-10;1-7-5-3-2-4-6-7/h5-9H,4H2,1-3H3;2-6H,1H3. The van der Waals surface area contributed by atoms with E-state index in [-0.39, 0.29) is 5.97 Å². The van der Waals surface area contributed by atoms with Crippen molar-refractivity contribution < 1.29 is 9.53 Å². The SMILES string of the molecule is CCOC(=O)C(C)(C)c1ccccc1.Cc1ccccc1. The first-order valence-electron chi connectivity index (χ1n) is 7.23. The molecule has 0 aliphatic rings. The van der Waals surface area contributed by atoms with Gasteiger partial charge in [0.05, 0.1) is 12.0 Å². The minimum atomic E-state index is -0.558. The monoisotopic (exact) mass is 284 g/mol. The van der Waals surface area contributed by atoms with Crippen LogP contribution in [0.2, 0.25) is 0 Å². The van der Waals surface area contributed by atoms with Gasteiger partial charge in [-0.25, -0.2) is 0 Å². The average Bonchev–Trinajstić information content (AvgIpc) is 2.50. The van der Waals surface area contributed by atoms with Gasteiger partial charge in [0.25, 0.3) is 0 Å². The van der Waals surface area contributed by atoms with Crippen molar-refractivity contribution in [2.45, 2.75) is 33.1 Å². The minimum Gasteiger partial charge on any atom is -0.465 e. The van der Waals surface area contributed by atoms with Gasteiger partial charge < -0.3 is 4.74 Å². The average molecular weight is 284 g/mol. The Balaban J connectivity index is 0.000000262. The minimum absolute atomic E-state index is 0.175. The van der Waals surface area contributed by atoms with Crippen LogP contribution in [0.25, 0.3) is 0 Å². The zero-order valence-corrected chi connectivity index (χ0v) is 13.3. The zero-order chi connectivity index (χ0) is 15.7. The molecule has 112 valence electrons. The molecule has 2 nitrogen and oxygen atoms in total. The molecule has 21 heavy (non-hydrogen) atoms. The summed E-state index contributed by atoms with van der Waals surface area (Å²) in [7, 11) is 0. The third-order valence-electron chi connectivity index (χ3n) is 3.22. The van der Waals surface area contributed by atoms with Crippen LogP contribution in [0.15, 0.2) is 60.7 Å². The number of carbonyl (C=O) groups is 1. The highest BCUT2D eigenvalue weighted by molar-refractivity contribution is 5.82. The van der Waals surface area contributed by atoms with Crippen molar-refractivity contribution in [3.05, 3.63) is 71.8 Å². The van der Waals surface area contributed by atoms with E-state index in [4.69, 9.17) is 4.74 Å². The molecule has 0 unspecified atom stereocenters. The van der Waals surface area contributed by atoms with E-state index in [1.807, 2.05) is 69.3 Å². The first kappa shape index (κ1) is 17.0. The lowest BCUT2D eigenvalue weighted by molar-refractivity contribution is -0.148. The normalized spacial score (nSPS) is 10.3. The molecule has 0 N–H and O–H groups in total. The van der Waals surface area contributed by atoms with Crippen LogP contribution >= 0.6 is 0 Å². The molecule has 0 aliphatic carbocycles. The fourth-order valence-electron chi connectivity index (χ4n) is 1.82. The summed E-state index contributed by atoms with van der Waals surface area (Å²) >= 11 is 0. The number of benzene rings is 2. The number of aryl methyl sites for hydroxylation is 1. The molecule has 2 rings (SSSR count). The van der Waals surface area contributed by atoms with Crippen molar-refractivity contribution in [3.63, 3.8) is 0 Å². The van der Waals surface area contributed by atoms with Crippen molar-refractivity contribution in [2.75, 3.05) is 6.61 Å². The van der Waals surface area contributed by atoms with Gasteiger partial charge in [-0.3, -0.25) is 4.79 Å². The van der Waals surface area contributed by atoms with Gasteiger partial charge in [-0.1, -0.05) is 66.2 Å². The van der Waals surface area contributed by atoms with Crippen molar-refractivity contribution in [3.8, 4) is 0 Å². The lowest BCUT2D eigenvalue weighted by atomic mass is 9.85. The van der Waals surface area contributed by atoms with Crippen LogP contribution < -0.4 is 0 Å². The van der Waals surface area contributed by atoms with Gasteiger partial charge in [0.1, 0.15) is 0 Å². The molecule has 0 aliphatic heterocycles. The number of carbonyl (C=O) groups excluding carboxylic acids is 1. The molecule has 0 saturated heterocycles. The first-order valence-corrected chi connectivity index (χ1v) is 7.23. The Bertz CT molecular complexity index is 530. The van der Waals surface area contributed by atoms with Gasteiger partial charge in [-0.2, -0.15) is 0 Å². The number of hydrogen-bond acceptors (Lipinski definition) is 2. The molecule has 2 aromatic carbocycles. The highest BCUT2D eigenvalue weighted by Crippen LogP contribution is 2.24. The van der Waals surface area contributed by atoms with E-state index in [9.17, 15) is 4.79 Å². The van der Waals surface area contributed by atoms with E-state index in [2.05, 4.69) is 19.1 Å². The lowest BCUT2D eigenvalue weighted by Crippen LogP contribution is -2.30. The van der Waals surface area contributed by atoms with Crippen molar-refractivity contribution in [2.24, 2.45) is 0 Å². The Kier molecular flexibility index (Phi) is 6.67. The molecule has 0 saturated carbocycles. The zero-order valence-electron chi connectivity index (χ0n) is 13.3. The molecule has 0 bridgehead atoms. The third kappa shape index (κ3) is 5.42. The van der Waals surface area contributed by atoms with E-state index in [1.165, 1.54) is 5.56 Å². The van der Waals surface area contributed by atoms with Crippen LogP contribution in [-0.4, -0.2) is 12.6 Å². The number of esters is 1. The first-order chi connectivity index (χ1) is 9.98. The maximum Gasteiger partial charge on any atom is 0.315 e. The predicted octanol–water partition coefficient (Wildman–Crippen LogP) is 4.52. The molecular formula is C19H24O2. The maximum absolute atomic E-state index is 11.6. The third-order valence-corrected chi connectivity index (χ3v) is 3.22. The van der Waals surface area contributed by atoms with Gasteiger partial charge in [0, 0.05) is 0 Å². The second-order valence-corrected chi connectivity index (χ2v) is 5.37. The fourth-order valence-corrected chi connectivity index (χ4v) is 1.82. The molecule has 0 aromatic heterocycles. The largest absolute Gasteiger partial charge is 0.465 e. The Hall–Kier alpha value is -2.09. The fraction of sp³-hybridized carbons (Fsp3) is 0.316. The summed E-state index contributed by atoms with van der Waals surface area (Å²) in [5.74, 6) is -0.175. The summed E-state index contributed by atoms with van der Waals surface area (Å²) in [6.07, 6.45) is 0. The highest BCUT2D eigenvalue weighted by atomic mass is 16.5. The van der Waals surface area contributed by atoms with Gasteiger partial charge in [-0.15, -0.1) is 0 Å². The van der Waals surface area contributed by atoms with E-state index >= 15 is 0 Å². The summed E-state index contributed by atoms with van der Waals surface area (Å²) in [4.78, 5) is 11.6. The van der Waals surface area contributed by atoms with E-state index < -0.39 is 5.41 Å². The number of ether oxygens (including phenoxy) is 1. The molecule has 0 atom stereocenters. The van der Waals surface area contributed by atoms with Crippen LogP contribution in [-0.2, 0) is 14.9 Å². The molecule has 2 aromatic rings. The molecule has 0 spiro atoms. The summed E-state index contributed by atoms with van der Waals surface area (Å²) in [6, 6.07) is 19.9. The lowest BCUT2D eigenvalue weighted by Gasteiger charge is -2.22. The van der Waals surface area contributed by atoms with Gasteiger partial charge in [0.15, 0.2) is 0 Å². The summed E-state index contributed by atoms with van der Waals surface area (Å²) in [6.45, 7) is 8.08. The summed E-state index contributed by atoms with van der Waals surface area (Å²) in [5, 5.41) is 0. The van der Waals surface area contributed by atoms with Crippen LogP contribution in [0.1, 0.15) is 31.9 Å². The van der Waals surface area contributed by atoms with Crippen LogP contribution in [0.3, 0.4) is 0 Å². The molecule has 0 amide bonds. The summed E-state index contributed by atoms with van der Waals surface area (Å²) in [5.41, 5.74) is 1.75. The van der Waals surface area contributed by atoms with Crippen LogP contribution in [0.4, 0.5) is 0 Å². The Morgan fingerprint density at radius 3 is 1.81 bits per heavy atom. The Morgan fingerprint density at radius 1 is 0.952 bits per heavy atom. The topological polar surface area (TPSA) is 26.3 Å². The van der Waals surface area contributed by atoms with Crippen LogP contribution in [0.5, 0.6) is 0 Å². The van der Waals surface area contributed by atoms with Crippen molar-refractivity contribution in [1.29, 1.82) is 0 Å². The molecular weight excluding hydrogens is 260 g/mol. The van der Waals surface area contributed by atoms with E-state index in [0.717, 1.165) is 5.56 Å². The maximum atomic E-state index is 11.6. The van der Waals surface area contributed by atoms with Crippen molar-refractivity contribution in [1.82, 2.24) is 0 Å². The van der Waals surface area contributed by atoms with Crippen LogP contribution in [0, 0.1) is 6.92 Å². The highest BCUT2D eigenvalue weighted by Gasteiger charge is 2.30. The Morgan fingerprint density at radius 2 is 1.43 bits per heavy atom. The number of rotatable bonds is 3. The Labute approximate surface area is 127 Å². The quantitative estimate of drug-likeness (QED) is 0.774. The molecule has 0 heterocycles. The van der Waals surface area contributed by atoms with Gasteiger partial charge >= 0.3 is 5.97 Å². The number of hydrogen-bond donors (Lipinski definition) is 0. The predicted molar refractivity (Wildman–Crippen MR) is 87.3 cm³/mol. The molecule has 0 fully saturated rings. The summed E-state index contributed by atoms with van der Waals surface area (Å²) < 4.78 is 5.02. The van der Waals surface area contributed by atoms with E-state index in [0.29, 0.717) is 6.61 Å². The van der Waals surface area contributed by atoms with E-state index in [1.54, 1.807) is 0 Å². The van der Waals surface area contributed by atoms with Gasteiger partial charge in [0.2, 0.25) is 0 Å². The molecule has 0 radical (unpaired) electrons. The van der Waals surface area contributed by atoms with Crippen molar-refractivity contribution >= 4 is 5.97 Å². The second-order valence-electron chi connectivity index (χ2n) is 5.37. The smallest absolute Gasteiger partial charge is 0.315 e.